The molecule has 2 heterocycles. The molecular formula is C20H22ClFN4O. The van der Waals surface area contributed by atoms with E-state index in [1.54, 1.807) is 19.2 Å². The molecule has 0 aliphatic rings. The second-order valence-electron chi connectivity index (χ2n) is 6.77. The molecule has 0 spiro atoms. The van der Waals surface area contributed by atoms with Crippen molar-refractivity contribution in [2.45, 2.75) is 40.2 Å². The number of nitrogens with zero attached hydrogens (tertiary/aromatic N) is 4. The van der Waals surface area contributed by atoms with E-state index in [0.717, 1.165) is 28.3 Å². The lowest BCUT2D eigenvalue weighted by atomic mass is 10.1. The smallest absolute Gasteiger partial charge is 0.222 e. The first-order chi connectivity index (χ1) is 12.8. The van der Waals surface area contributed by atoms with Gasteiger partial charge >= 0.3 is 0 Å². The van der Waals surface area contributed by atoms with Crippen molar-refractivity contribution in [1.29, 1.82) is 0 Å². The third-order valence-corrected chi connectivity index (χ3v) is 5.11. The van der Waals surface area contributed by atoms with Crippen LogP contribution in [0.2, 0.25) is 5.02 Å². The molecule has 0 N–H and O–H groups in total. The standard InChI is InChI=1S/C20H22ClFN4O/c1-12-10-19-23-13(2)15(14(3)26(19)24-12)8-9-20(27)25(4)11-16-17(21)6-5-7-18(16)22/h5-7,10H,8-9,11H2,1-4H3. The third-order valence-electron chi connectivity index (χ3n) is 4.76. The van der Waals surface area contributed by atoms with E-state index in [-0.39, 0.29) is 12.5 Å². The molecule has 0 atom stereocenters. The van der Waals surface area contributed by atoms with Crippen LogP contribution in [-0.4, -0.2) is 32.5 Å². The summed E-state index contributed by atoms with van der Waals surface area (Å²) >= 11 is 6.05. The van der Waals surface area contributed by atoms with E-state index in [9.17, 15) is 9.18 Å². The molecule has 0 saturated carbocycles. The Kier molecular flexibility index (Phi) is 5.46. The molecule has 0 radical (unpaired) electrons. The van der Waals surface area contributed by atoms with E-state index in [0.29, 0.717) is 23.4 Å². The average molecular weight is 389 g/mol. The van der Waals surface area contributed by atoms with Gasteiger partial charge in [0.05, 0.1) is 5.69 Å². The topological polar surface area (TPSA) is 50.5 Å². The van der Waals surface area contributed by atoms with Gasteiger partial charge in [0.15, 0.2) is 5.65 Å². The Bertz CT molecular complexity index is 995. The van der Waals surface area contributed by atoms with E-state index in [2.05, 4.69) is 10.1 Å². The van der Waals surface area contributed by atoms with Gasteiger partial charge in [-0.15, -0.1) is 0 Å². The summed E-state index contributed by atoms with van der Waals surface area (Å²) in [6, 6.07) is 6.45. The van der Waals surface area contributed by atoms with E-state index >= 15 is 0 Å². The predicted octanol–water partition coefficient (Wildman–Crippen LogP) is 4.04. The van der Waals surface area contributed by atoms with Crippen molar-refractivity contribution in [2.24, 2.45) is 0 Å². The zero-order chi connectivity index (χ0) is 19.7. The van der Waals surface area contributed by atoms with Gasteiger partial charge in [0.2, 0.25) is 5.91 Å². The van der Waals surface area contributed by atoms with Crippen LogP contribution in [0.1, 0.15) is 34.6 Å². The van der Waals surface area contributed by atoms with Crippen molar-refractivity contribution in [2.75, 3.05) is 7.05 Å². The number of amides is 1. The summed E-state index contributed by atoms with van der Waals surface area (Å²) in [6.07, 6.45) is 0.853. The molecule has 0 fully saturated rings. The number of rotatable bonds is 5. The Labute approximate surface area is 162 Å². The highest BCUT2D eigenvalue weighted by Gasteiger charge is 2.17. The fourth-order valence-electron chi connectivity index (χ4n) is 3.23. The van der Waals surface area contributed by atoms with Crippen molar-refractivity contribution in [3.8, 4) is 0 Å². The first-order valence-electron chi connectivity index (χ1n) is 8.77. The Morgan fingerprint density at radius 1 is 1.26 bits per heavy atom. The Morgan fingerprint density at radius 2 is 2.00 bits per heavy atom. The molecular weight excluding hydrogens is 367 g/mol. The molecule has 27 heavy (non-hydrogen) atoms. The lowest BCUT2D eigenvalue weighted by Crippen LogP contribution is -2.27. The predicted molar refractivity (Wildman–Crippen MR) is 103 cm³/mol. The van der Waals surface area contributed by atoms with E-state index < -0.39 is 5.82 Å². The first-order valence-corrected chi connectivity index (χ1v) is 9.15. The first kappa shape index (κ1) is 19.3. The monoisotopic (exact) mass is 388 g/mol. The summed E-state index contributed by atoms with van der Waals surface area (Å²) in [4.78, 5) is 18.6. The minimum atomic E-state index is -0.405. The molecule has 142 valence electrons. The fraction of sp³-hybridized carbons (Fsp3) is 0.350. The van der Waals surface area contributed by atoms with E-state index in [4.69, 9.17) is 11.6 Å². The SMILES string of the molecule is Cc1cc2nc(C)c(CCC(=O)N(C)Cc3c(F)cccc3Cl)c(C)n2n1. The molecule has 0 unspecified atom stereocenters. The fourth-order valence-corrected chi connectivity index (χ4v) is 3.46. The molecule has 1 amide bonds. The van der Waals surface area contributed by atoms with Crippen LogP contribution in [0.5, 0.6) is 0 Å². The summed E-state index contributed by atoms with van der Waals surface area (Å²) in [6.45, 7) is 5.99. The van der Waals surface area contributed by atoms with Gasteiger partial charge in [-0.05, 0) is 44.9 Å². The number of aryl methyl sites for hydroxylation is 3. The van der Waals surface area contributed by atoms with E-state index in [1.807, 2.05) is 31.4 Å². The van der Waals surface area contributed by atoms with Crippen molar-refractivity contribution in [1.82, 2.24) is 19.5 Å². The van der Waals surface area contributed by atoms with Gasteiger partial charge in [0.25, 0.3) is 0 Å². The summed E-state index contributed by atoms with van der Waals surface area (Å²) in [5.41, 5.74) is 4.93. The summed E-state index contributed by atoms with van der Waals surface area (Å²) in [5, 5.41) is 4.78. The maximum Gasteiger partial charge on any atom is 0.222 e. The summed E-state index contributed by atoms with van der Waals surface area (Å²) in [7, 11) is 1.66. The normalized spacial score (nSPS) is 11.2. The van der Waals surface area contributed by atoms with Gasteiger partial charge in [0, 0.05) is 48.1 Å². The molecule has 0 aliphatic carbocycles. The van der Waals surface area contributed by atoms with Gasteiger partial charge < -0.3 is 4.90 Å². The van der Waals surface area contributed by atoms with Crippen LogP contribution in [-0.2, 0) is 17.8 Å². The van der Waals surface area contributed by atoms with E-state index in [1.165, 1.54) is 11.0 Å². The summed E-state index contributed by atoms with van der Waals surface area (Å²) < 4.78 is 15.8. The molecule has 1 aromatic carbocycles. The molecule has 7 heteroatoms. The lowest BCUT2D eigenvalue weighted by molar-refractivity contribution is -0.130. The number of carbonyl (C=O) groups excluding carboxylic acids is 1. The molecule has 0 aliphatic heterocycles. The van der Waals surface area contributed by atoms with Gasteiger partial charge in [0.1, 0.15) is 5.82 Å². The second kappa shape index (κ2) is 7.64. The van der Waals surface area contributed by atoms with Gasteiger partial charge in [-0.3, -0.25) is 4.79 Å². The highest BCUT2D eigenvalue weighted by molar-refractivity contribution is 6.31. The molecule has 5 nitrogen and oxygen atoms in total. The highest BCUT2D eigenvalue weighted by Crippen LogP contribution is 2.21. The third kappa shape index (κ3) is 3.95. The Balaban J connectivity index is 1.73. The zero-order valence-corrected chi connectivity index (χ0v) is 16.6. The number of hydrogen-bond acceptors (Lipinski definition) is 3. The molecule has 3 rings (SSSR count). The maximum atomic E-state index is 13.9. The number of fused-ring (bicyclic) bond motifs is 1. The number of hydrogen-bond donors (Lipinski definition) is 0. The number of aromatic nitrogens is 3. The lowest BCUT2D eigenvalue weighted by Gasteiger charge is -2.19. The zero-order valence-electron chi connectivity index (χ0n) is 15.9. The quantitative estimate of drug-likeness (QED) is 0.662. The van der Waals surface area contributed by atoms with Gasteiger partial charge in [-0.25, -0.2) is 13.9 Å². The van der Waals surface area contributed by atoms with Crippen LogP contribution in [0.25, 0.3) is 5.65 Å². The number of benzene rings is 1. The second-order valence-corrected chi connectivity index (χ2v) is 7.17. The van der Waals surface area contributed by atoms with Crippen LogP contribution in [0.4, 0.5) is 4.39 Å². The van der Waals surface area contributed by atoms with Crippen LogP contribution in [0.3, 0.4) is 0 Å². The number of carbonyl (C=O) groups is 1. The molecule has 0 bridgehead atoms. The summed E-state index contributed by atoms with van der Waals surface area (Å²) in [5.74, 6) is -0.484. The largest absolute Gasteiger partial charge is 0.341 e. The number of halogens is 2. The van der Waals surface area contributed by atoms with Gasteiger partial charge in [-0.1, -0.05) is 17.7 Å². The Morgan fingerprint density at radius 3 is 2.70 bits per heavy atom. The minimum Gasteiger partial charge on any atom is -0.341 e. The van der Waals surface area contributed by atoms with Crippen molar-refractivity contribution >= 4 is 23.2 Å². The van der Waals surface area contributed by atoms with Crippen LogP contribution < -0.4 is 0 Å². The van der Waals surface area contributed by atoms with Crippen molar-refractivity contribution < 1.29 is 9.18 Å². The van der Waals surface area contributed by atoms with Crippen LogP contribution in [0.15, 0.2) is 24.3 Å². The molecule has 2 aromatic heterocycles. The van der Waals surface area contributed by atoms with Crippen LogP contribution in [0, 0.1) is 26.6 Å². The van der Waals surface area contributed by atoms with Gasteiger partial charge in [-0.2, -0.15) is 5.10 Å². The average Bonchev–Trinajstić information content (AvgIpc) is 2.98. The Hall–Kier alpha value is -2.47. The van der Waals surface area contributed by atoms with Crippen LogP contribution >= 0.6 is 11.6 Å². The minimum absolute atomic E-state index is 0.0788. The maximum absolute atomic E-state index is 13.9. The molecule has 3 aromatic rings. The van der Waals surface area contributed by atoms with Crippen molar-refractivity contribution in [3.05, 3.63) is 63.3 Å². The van der Waals surface area contributed by atoms with Crippen molar-refractivity contribution in [3.63, 3.8) is 0 Å². The molecule has 0 saturated heterocycles. The highest BCUT2D eigenvalue weighted by atomic mass is 35.5.